The molecule has 0 heterocycles. The van der Waals surface area contributed by atoms with E-state index in [1.807, 2.05) is 6.07 Å². The average molecular weight is 273 g/mol. The summed E-state index contributed by atoms with van der Waals surface area (Å²) in [6, 6.07) is 6.36. The molecule has 0 aliphatic rings. The lowest BCUT2D eigenvalue weighted by atomic mass is 9.96. The van der Waals surface area contributed by atoms with E-state index in [0.29, 0.717) is 13.0 Å². The van der Waals surface area contributed by atoms with Gasteiger partial charge in [0.05, 0.1) is 5.75 Å². The van der Waals surface area contributed by atoms with E-state index in [1.165, 1.54) is 12.1 Å². The first-order valence-electron chi connectivity index (χ1n) is 6.09. The second-order valence-electron chi connectivity index (χ2n) is 4.33. The van der Waals surface area contributed by atoms with Crippen molar-refractivity contribution in [2.24, 2.45) is 0 Å². The Bertz CT molecular complexity index is 474. The number of rotatable bonds is 7. The minimum atomic E-state index is -2.97. The quantitative estimate of drug-likeness (QED) is 0.826. The summed E-state index contributed by atoms with van der Waals surface area (Å²) in [5, 5.41) is 3.02. The van der Waals surface area contributed by atoms with Gasteiger partial charge in [0.15, 0.2) is 0 Å². The first kappa shape index (κ1) is 15.1. The summed E-state index contributed by atoms with van der Waals surface area (Å²) in [6.07, 6.45) is 0.514. The summed E-state index contributed by atoms with van der Waals surface area (Å²) in [5.74, 6) is 0.0355. The van der Waals surface area contributed by atoms with E-state index < -0.39 is 9.84 Å². The third-order valence-corrected chi connectivity index (χ3v) is 4.73. The monoisotopic (exact) mass is 273 g/mol. The summed E-state index contributed by atoms with van der Waals surface area (Å²) in [5.41, 5.74) is 0.843. The molecule has 1 rings (SSSR count). The van der Waals surface area contributed by atoms with E-state index in [1.54, 1.807) is 20.0 Å². The maximum atomic E-state index is 13.2. The average Bonchev–Trinajstić information content (AvgIpc) is 2.34. The molecule has 102 valence electrons. The largest absolute Gasteiger partial charge is 0.319 e. The number of benzene rings is 1. The second-order valence-corrected chi connectivity index (χ2v) is 6.81. The van der Waals surface area contributed by atoms with Crippen molar-refractivity contribution >= 4 is 9.84 Å². The molecule has 0 fully saturated rings. The molecule has 3 nitrogen and oxygen atoms in total. The van der Waals surface area contributed by atoms with Gasteiger partial charge in [0, 0.05) is 12.3 Å². The Morgan fingerprint density at radius 3 is 2.67 bits per heavy atom. The molecular formula is C13H20FNO2S. The van der Waals surface area contributed by atoms with Crippen LogP contribution in [0.2, 0.25) is 0 Å². The first-order chi connectivity index (χ1) is 8.48. The smallest absolute Gasteiger partial charge is 0.150 e. The molecule has 18 heavy (non-hydrogen) atoms. The molecule has 0 aliphatic carbocycles. The van der Waals surface area contributed by atoms with Crippen LogP contribution in [0.4, 0.5) is 4.39 Å². The minimum Gasteiger partial charge on any atom is -0.319 e. The highest BCUT2D eigenvalue weighted by molar-refractivity contribution is 7.91. The van der Waals surface area contributed by atoms with Gasteiger partial charge in [-0.05, 0) is 37.1 Å². The lowest BCUT2D eigenvalue weighted by molar-refractivity contribution is 0.571. The summed E-state index contributed by atoms with van der Waals surface area (Å²) < 4.78 is 36.2. The minimum absolute atomic E-state index is 0.0204. The van der Waals surface area contributed by atoms with Gasteiger partial charge in [0.25, 0.3) is 0 Å². The molecular weight excluding hydrogens is 253 g/mol. The van der Waals surface area contributed by atoms with Crippen LogP contribution in [0.15, 0.2) is 24.3 Å². The van der Waals surface area contributed by atoms with E-state index in [4.69, 9.17) is 0 Å². The topological polar surface area (TPSA) is 46.2 Å². The van der Waals surface area contributed by atoms with E-state index in [2.05, 4.69) is 5.32 Å². The highest BCUT2D eigenvalue weighted by atomic mass is 32.2. The molecule has 0 aromatic heterocycles. The van der Waals surface area contributed by atoms with Crippen molar-refractivity contribution in [1.82, 2.24) is 5.32 Å². The molecule has 1 aromatic carbocycles. The van der Waals surface area contributed by atoms with Crippen molar-refractivity contribution in [2.45, 2.75) is 19.3 Å². The lowest BCUT2D eigenvalue weighted by Crippen LogP contribution is -2.21. The third kappa shape index (κ3) is 4.74. The highest BCUT2D eigenvalue weighted by Crippen LogP contribution is 2.20. The van der Waals surface area contributed by atoms with E-state index >= 15 is 0 Å². The maximum absolute atomic E-state index is 13.2. The standard InChI is InChI=1S/C13H20FNO2S/c1-3-18(16,17)8-7-12(10-15-2)11-5-4-6-13(14)9-11/h4-6,9,12,15H,3,7-8,10H2,1-2H3. The SMILES string of the molecule is CCS(=O)(=O)CCC(CNC)c1cccc(F)c1. The Hall–Kier alpha value is -0.940. The number of hydrogen-bond donors (Lipinski definition) is 1. The van der Waals surface area contributed by atoms with Gasteiger partial charge < -0.3 is 5.32 Å². The van der Waals surface area contributed by atoms with Crippen molar-refractivity contribution in [3.63, 3.8) is 0 Å². The van der Waals surface area contributed by atoms with Crippen LogP contribution >= 0.6 is 0 Å². The Kier molecular flexibility index (Phi) is 5.75. The Morgan fingerprint density at radius 1 is 1.39 bits per heavy atom. The highest BCUT2D eigenvalue weighted by Gasteiger charge is 2.16. The maximum Gasteiger partial charge on any atom is 0.150 e. The van der Waals surface area contributed by atoms with Gasteiger partial charge >= 0.3 is 0 Å². The van der Waals surface area contributed by atoms with Crippen LogP contribution in [0.1, 0.15) is 24.8 Å². The van der Waals surface area contributed by atoms with Crippen LogP contribution in [0, 0.1) is 5.82 Å². The van der Waals surface area contributed by atoms with Crippen LogP contribution in [-0.4, -0.2) is 33.5 Å². The van der Waals surface area contributed by atoms with Crippen molar-refractivity contribution in [1.29, 1.82) is 0 Å². The summed E-state index contributed by atoms with van der Waals surface area (Å²) in [7, 11) is -1.17. The molecule has 0 spiro atoms. The lowest BCUT2D eigenvalue weighted by Gasteiger charge is -2.17. The molecule has 0 bridgehead atoms. The van der Waals surface area contributed by atoms with Gasteiger partial charge in [-0.3, -0.25) is 0 Å². The van der Waals surface area contributed by atoms with Gasteiger partial charge in [-0.25, -0.2) is 12.8 Å². The zero-order chi connectivity index (χ0) is 13.6. The molecule has 0 saturated carbocycles. The number of nitrogens with one attached hydrogen (secondary N) is 1. The molecule has 5 heteroatoms. The zero-order valence-corrected chi connectivity index (χ0v) is 11.6. The van der Waals surface area contributed by atoms with Crippen LogP contribution < -0.4 is 5.32 Å². The summed E-state index contributed by atoms with van der Waals surface area (Å²) in [4.78, 5) is 0. The van der Waals surface area contributed by atoms with E-state index in [9.17, 15) is 12.8 Å². The fourth-order valence-electron chi connectivity index (χ4n) is 1.86. The molecule has 0 amide bonds. The fraction of sp³-hybridized carbons (Fsp3) is 0.538. The molecule has 1 aromatic rings. The van der Waals surface area contributed by atoms with Crippen LogP contribution in [-0.2, 0) is 9.84 Å². The Morgan fingerprint density at radius 2 is 2.11 bits per heavy atom. The fourth-order valence-corrected chi connectivity index (χ4v) is 2.79. The predicted molar refractivity (Wildman–Crippen MR) is 72.0 cm³/mol. The number of hydrogen-bond acceptors (Lipinski definition) is 3. The van der Waals surface area contributed by atoms with E-state index in [-0.39, 0.29) is 23.2 Å². The Balaban J connectivity index is 2.77. The molecule has 0 radical (unpaired) electrons. The summed E-state index contributed by atoms with van der Waals surface area (Å²) >= 11 is 0. The van der Waals surface area contributed by atoms with Gasteiger partial charge in [-0.15, -0.1) is 0 Å². The number of halogens is 1. The van der Waals surface area contributed by atoms with Crippen LogP contribution in [0.3, 0.4) is 0 Å². The number of sulfone groups is 1. The van der Waals surface area contributed by atoms with Crippen LogP contribution in [0.25, 0.3) is 0 Å². The van der Waals surface area contributed by atoms with Gasteiger partial charge in [0.2, 0.25) is 0 Å². The molecule has 1 atom stereocenters. The van der Waals surface area contributed by atoms with Crippen LogP contribution in [0.5, 0.6) is 0 Å². The molecule has 1 N–H and O–H groups in total. The third-order valence-electron chi connectivity index (χ3n) is 2.99. The predicted octanol–water partition coefficient (Wildman–Crippen LogP) is 1.95. The second kappa shape index (κ2) is 6.85. The van der Waals surface area contributed by atoms with Gasteiger partial charge in [-0.2, -0.15) is 0 Å². The Labute approximate surface area is 108 Å². The van der Waals surface area contributed by atoms with Crippen molar-refractivity contribution in [3.8, 4) is 0 Å². The molecule has 0 aliphatic heterocycles. The normalized spacial score (nSPS) is 13.5. The molecule has 1 unspecified atom stereocenters. The zero-order valence-electron chi connectivity index (χ0n) is 10.8. The molecule has 0 saturated heterocycles. The van der Waals surface area contributed by atoms with E-state index in [0.717, 1.165) is 5.56 Å². The summed E-state index contributed by atoms with van der Waals surface area (Å²) in [6.45, 7) is 2.29. The van der Waals surface area contributed by atoms with Crippen molar-refractivity contribution in [3.05, 3.63) is 35.6 Å². The van der Waals surface area contributed by atoms with Gasteiger partial charge in [-0.1, -0.05) is 19.1 Å². The first-order valence-corrected chi connectivity index (χ1v) is 7.91. The van der Waals surface area contributed by atoms with Crippen molar-refractivity contribution in [2.75, 3.05) is 25.1 Å². The van der Waals surface area contributed by atoms with Gasteiger partial charge in [0.1, 0.15) is 15.7 Å². The van der Waals surface area contributed by atoms with Crippen molar-refractivity contribution < 1.29 is 12.8 Å². The number of likely N-dealkylation sites (N-methyl/N-ethyl adjacent to an activating group) is 1.